The molecule has 1 aromatic carbocycles. The van der Waals surface area contributed by atoms with Crippen LogP contribution in [0.2, 0.25) is 0 Å². The fourth-order valence-corrected chi connectivity index (χ4v) is 3.93. The first-order valence-corrected chi connectivity index (χ1v) is 8.42. The average molecular weight is 339 g/mol. The molecule has 0 saturated carbocycles. The molecule has 0 bridgehead atoms. The fraction of sp³-hybridized carbons (Fsp3) is 0.176. The minimum atomic E-state index is -0.486. The van der Waals surface area contributed by atoms with Gasteiger partial charge in [-0.3, -0.25) is 14.4 Å². The summed E-state index contributed by atoms with van der Waals surface area (Å²) in [6.07, 6.45) is 1.56. The summed E-state index contributed by atoms with van der Waals surface area (Å²) in [5.74, 6) is -0.896. The summed E-state index contributed by atoms with van der Waals surface area (Å²) >= 11 is 1.09. The molecule has 0 fully saturated rings. The van der Waals surface area contributed by atoms with Crippen LogP contribution in [0.5, 0.6) is 0 Å². The Labute approximate surface area is 141 Å². The second kappa shape index (κ2) is 5.38. The van der Waals surface area contributed by atoms with E-state index < -0.39 is 11.8 Å². The van der Waals surface area contributed by atoms with Gasteiger partial charge in [-0.1, -0.05) is 42.9 Å². The Balaban J connectivity index is 1.90. The molecule has 1 aliphatic rings. The third-order valence-corrected chi connectivity index (χ3v) is 4.93. The predicted octanol–water partition coefficient (Wildman–Crippen LogP) is 2.51. The maximum absolute atomic E-state index is 12.8. The Bertz CT molecular complexity index is 1040. The van der Waals surface area contributed by atoms with E-state index in [2.05, 4.69) is 4.98 Å². The van der Waals surface area contributed by atoms with Crippen LogP contribution in [0.15, 0.2) is 41.2 Å². The Morgan fingerprint density at radius 3 is 2.54 bits per heavy atom. The normalized spacial score (nSPS) is 13.8. The van der Waals surface area contributed by atoms with Crippen LogP contribution in [0, 0.1) is 0 Å². The molecule has 120 valence electrons. The number of thiazole rings is 1. The van der Waals surface area contributed by atoms with Gasteiger partial charge in [0.25, 0.3) is 17.4 Å². The Hall–Kier alpha value is -2.80. The molecule has 4 rings (SSSR count). The third-order valence-electron chi connectivity index (χ3n) is 3.90. The van der Waals surface area contributed by atoms with Gasteiger partial charge in [-0.2, -0.15) is 0 Å². The molecule has 6 nitrogen and oxygen atoms in total. The van der Waals surface area contributed by atoms with Crippen molar-refractivity contribution in [1.82, 2.24) is 9.38 Å². The van der Waals surface area contributed by atoms with Gasteiger partial charge in [0.2, 0.25) is 0 Å². The number of hydrogen-bond donors (Lipinski definition) is 0. The number of carbonyl (C=O) groups excluding carboxylic acids is 2. The lowest BCUT2D eigenvalue weighted by atomic mass is 10.2. The number of hydrogen-bond acceptors (Lipinski definition) is 5. The molecule has 0 N–H and O–H groups in total. The summed E-state index contributed by atoms with van der Waals surface area (Å²) < 4.78 is 1.25. The van der Waals surface area contributed by atoms with E-state index in [9.17, 15) is 14.4 Å². The van der Waals surface area contributed by atoms with Crippen LogP contribution in [0.4, 0.5) is 5.69 Å². The van der Waals surface area contributed by atoms with Crippen molar-refractivity contribution in [2.75, 3.05) is 4.90 Å². The van der Waals surface area contributed by atoms with Crippen LogP contribution in [-0.4, -0.2) is 21.2 Å². The molecule has 2 aromatic heterocycles. The molecule has 7 heteroatoms. The zero-order chi connectivity index (χ0) is 16.8. The van der Waals surface area contributed by atoms with Crippen molar-refractivity contribution >= 4 is 33.8 Å². The molecule has 1 aliphatic heterocycles. The molecule has 0 radical (unpaired) electrons. The van der Waals surface area contributed by atoms with Crippen molar-refractivity contribution in [3.05, 3.63) is 63.0 Å². The van der Waals surface area contributed by atoms with E-state index in [1.165, 1.54) is 10.5 Å². The van der Waals surface area contributed by atoms with Crippen LogP contribution < -0.4 is 10.5 Å². The van der Waals surface area contributed by atoms with Crippen molar-refractivity contribution < 1.29 is 9.59 Å². The average Bonchev–Trinajstić information content (AvgIpc) is 3.05. The summed E-state index contributed by atoms with van der Waals surface area (Å²) in [4.78, 5) is 44.1. The number of imide groups is 1. The molecule has 0 unspecified atom stereocenters. The topological polar surface area (TPSA) is 71.8 Å². The van der Waals surface area contributed by atoms with E-state index in [-0.39, 0.29) is 16.1 Å². The Kier molecular flexibility index (Phi) is 3.31. The molecular formula is C17H13N3O3S. The van der Waals surface area contributed by atoms with Gasteiger partial charge < -0.3 is 0 Å². The molecule has 0 aliphatic carbocycles. The lowest BCUT2D eigenvalue weighted by Crippen LogP contribution is -2.31. The number of anilines is 1. The van der Waals surface area contributed by atoms with Gasteiger partial charge in [-0.15, -0.1) is 0 Å². The van der Waals surface area contributed by atoms with Crippen molar-refractivity contribution in [2.45, 2.75) is 19.8 Å². The van der Waals surface area contributed by atoms with Gasteiger partial charge >= 0.3 is 0 Å². The number of fused-ring (bicyclic) bond motifs is 3. The summed E-state index contributed by atoms with van der Waals surface area (Å²) in [6.45, 7) is 2.00. The van der Waals surface area contributed by atoms with Crippen molar-refractivity contribution in [2.24, 2.45) is 0 Å². The molecule has 24 heavy (non-hydrogen) atoms. The smallest absolute Gasteiger partial charge is 0.269 e. The number of nitrogens with zero attached hydrogens (tertiary/aromatic N) is 3. The molecule has 3 aromatic rings. The van der Waals surface area contributed by atoms with E-state index in [4.69, 9.17) is 0 Å². The van der Waals surface area contributed by atoms with E-state index in [1.54, 1.807) is 24.3 Å². The second-order valence-electron chi connectivity index (χ2n) is 5.51. The number of rotatable bonds is 3. The van der Waals surface area contributed by atoms with Crippen LogP contribution in [0.3, 0.4) is 0 Å². The highest BCUT2D eigenvalue weighted by molar-refractivity contribution is 7.19. The highest BCUT2D eigenvalue weighted by atomic mass is 32.1. The lowest BCUT2D eigenvalue weighted by Gasteiger charge is -2.13. The second-order valence-corrected chi connectivity index (χ2v) is 6.49. The van der Waals surface area contributed by atoms with Gasteiger partial charge in [0.05, 0.1) is 5.69 Å². The molecule has 0 saturated heterocycles. The van der Waals surface area contributed by atoms with Crippen molar-refractivity contribution in [3.63, 3.8) is 0 Å². The molecule has 3 heterocycles. The number of carbonyl (C=O) groups is 2. The van der Waals surface area contributed by atoms with Gasteiger partial charge in [0.15, 0.2) is 4.96 Å². The third kappa shape index (κ3) is 2.01. The first kappa shape index (κ1) is 14.8. The molecule has 2 amide bonds. The van der Waals surface area contributed by atoms with Gasteiger partial charge in [0, 0.05) is 11.8 Å². The largest absolute Gasteiger partial charge is 0.284 e. The molecular weight excluding hydrogens is 326 g/mol. The van der Waals surface area contributed by atoms with Crippen molar-refractivity contribution in [1.29, 1.82) is 0 Å². The van der Waals surface area contributed by atoms with Gasteiger partial charge in [-0.25, -0.2) is 14.3 Å². The fourth-order valence-electron chi connectivity index (χ4n) is 2.86. The minimum Gasteiger partial charge on any atom is -0.269 e. The van der Waals surface area contributed by atoms with Crippen LogP contribution in [0.1, 0.15) is 39.2 Å². The molecule has 0 spiro atoms. The summed E-state index contributed by atoms with van der Waals surface area (Å²) in [5.41, 5.74) is 0.969. The lowest BCUT2D eigenvalue weighted by molar-refractivity contribution is 0.0925. The number of para-hydroxylation sites is 1. The molecule has 0 atom stereocenters. The van der Waals surface area contributed by atoms with Crippen LogP contribution in [-0.2, 0) is 6.42 Å². The Morgan fingerprint density at radius 1 is 1.08 bits per heavy atom. The van der Waals surface area contributed by atoms with Crippen molar-refractivity contribution in [3.8, 4) is 0 Å². The first-order valence-electron chi connectivity index (χ1n) is 7.61. The zero-order valence-electron chi connectivity index (χ0n) is 12.9. The zero-order valence-corrected chi connectivity index (χ0v) is 13.7. The van der Waals surface area contributed by atoms with E-state index in [0.29, 0.717) is 22.8 Å². The van der Waals surface area contributed by atoms with E-state index in [0.717, 1.165) is 22.7 Å². The minimum absolute atomic E-state index is 0.115. The van der Waals surface area contributed by atoms with Crippen LogP contribution >= 0.6 is 11.3 Å². The summed E-state index contributed by atoms with van der Waals surface area (Å²) in [5, 5.41) is 0. The highest BCUT2D eigenvalue weighted by Crippen LogP contribution is 2.33. The quantitative estimate of drug-likeness (QED) is 0.687. The Morgan fingerprint density at radius 2 is 1.83 bits per heavy atom. The first-order chi connectivity index (χ1) is 11.6. The summed E-state index contributed by atoms with van der Waals surface area (Å²) in [6, 6.07) is 10.1. The van der Waals surface area contributed by atoms with Crippen LogP contribution in [0.25, 0.3) is 4.96 Å². The SMILES string of the molecule is CCCc1cc(=O)n2c3c(sc2n1)C(=O)N(c1ccccc1)C3=O. The van der Waals surface area contributed by atoms with E-state index >= 15 is 0 Å². The highest BCUT2D eigenvalue weighted by Gasteiger charge is 2.41. The number of amides is 2. The maximum atomic E-state index is 12.8. The number of aryl methyl sites for hydroxylation is 1. The monoisotopic (exact) mass is 339 g/mol. The van der Waals surface area contributed by atoms with E-state index in [1.807, 2.05) is 13.0 Å². The summed E-state index contributed by atoms with van der Waals surface area (Å²) in [7, 11) is 0. The van der Waals surface area contributed by atoms with Gasteiger partial charge in [0.1, 0.15) is 10.6 Å². The standard InChI is InChI=1S/C17H13N3O3S/c1-2-6-10-9-12(21)20-13-14(24-17(20)18-10)16(23)19(15(13)22)11-7-4-3-5-8-11/h3-5,7-9H,2,6H2,1H3. The number of aromatic nitrogens is 2. The number of benzene rings is 1. The predicted molar refractivity (Wildman–Crippen MR) is 90.9 cm³/mol. The van der Waals surface area contributed by atoms with Gasteiger partial charge in [-0.05, 0) is 18.6 Å². The maximum Gasteiger partial charge on any atom is 0.284 e.